The zero-order chi connectivity index (χ0) is 18.6. The van der Waals surface area contributed by atoms with Crippen LogP contribution >= 0.6 is 0 Å². The average Bonchev–Trinajstić information content (AvgIpc) is 3.55. The number of nitrogens with one attached hydrogen (secondary N) is 1. The minimum absolute atomic E-state index is 0.00979. The minimum Gasteiger partial charge on any atom is -0.340 e. The summed E-state index contributed by atoms with van der Waals surface area (Å²) in [6.45, 7) is 3.35. The van der Waals surface area contributed by atoms with Crippen LogP contribution in [0.5, 0.6) is 0 Å². The summed E-state index contributed by atoms with van der Waals surface area (Å²) in [6, 6.07) is 18.1. The number of hydrogen-bond donors (Lipinski definition) is 1. The summed E-state index contributed by atoms with van der Waals surface area (Å²) in [4.78, 5) is 28.5. The van der Waals surface area contributed by atoms with Gasteiger partial charge in [0, 0.05) is 37.8 Å². The van der Waals surface area contributed by atoms with E-state index in [1.807, 2.05) is 47.4 Å². The molecule has 27 heavy (non-hydrogen) atoms. The fraction of sp³-hybridized carbons (Fsp3) is 0.364. The Hall–Kier alpha value is -2.66. The van der Waals surface area contributed by atoms with Gasteiger partial charge in [-0.2, -0.15) is 0 Å². The number of piperazine rings is 1. The van der Waals surface area contributed by atoms with Gasteiger partial charge in [-0.25, -0.2) is 0 Å². The van der Waals surface area contributed by atoms with Crippen molar-refractivity contribution in [2.45, 2.75) is 12.8 Å². The van der Waals surface area contributed by atoms with Gasteiger partial charge in [0.2, 0.25) is 11.8 Å². The molecule has 4 rings (SSSR count). The molecule has 1 saturated heterocycles. The Morgan fingerprint density at radius 1 is 0.852 bits per heavy atom. The molecular weight excluding hydrogens is 338 g/mol. The minimum atomic E-state index is -0.00979. The van der Waals surface area contributed by atoms with Crippen molar-refractivity contribution in [1.29, 1.82) is 0 Å². The zero-order valence-corrected chi connectivity index (χ0v) is 15.4. The molecule has 0 aromatic heterocycles. The van der Waals surface area contributed by atoms with Gasteiger partial charge in [-0.15, -0.1) is 0 Å². The first kappa shape index (κ1) is 17.7. The number of nitrogens with zero attached hydrogens (tertiary/aromatic N) is 2. The second kappa shape index (κ2) is 7.92. The van der Waals surface area contributed by atoms with Gasteiger partial charge >= 0.3 is 0 Å². The molecule has 5 nitrogen and oxygen atoms in total. The van der Waals surface area contributed by atoms with Crippen molar-refractivity contribution in [2.24, 2.45) is 5.92 Å². The molecule has 0 atom stereocenters. The van der Waals surface area contributed by atoms with Gasteiger partial charge in [0.05, 0.1) is 6.54 Å². The topological polar surface area (TPSA) is 52.7 Å². The lowest BCUT2D eigenvalue weighted by Gasteiger charge is -2.34. The normalized spacial score (nSPS) is 17.6. The first-order valence-corrected chi connectivity index (χ1v) is 9.65. The molecule has 0 spiro atoms. The Morgan fingerprint density at radius 3 is 2.11 bits per heavy atom. The predicted octanol–water partition coefficient (Wildman–Crippen LogP) is 2.85. The van der Waals surface area contributed by atoms with Crippen LogP contribution in [-0.2, 0) is 9.59 Å². The highest BCUT2D eigenvalue weighted by Gasteiger charge is 2.34. The first-order chi connectivity index (χ1) is 13.2. The Labute approximate surface area is 160 Å². The Balaban J connectivity index is 1.25. The molecule has 2 aliphatic rings. The van der Waals surface area contributed by atoms with Gasteiger partial charge in [-0.05, 0) is 36.1 Å². The zero-order valence-electron chi connectivity index (χ0n) is 15.4. The summed E-state index contributed by atoms with van der Waals surface area (Å²) in [5, 5.41) is 2.97. The average molecular weight is 363 g/mol. The van der Waals surface area contributed by atoms with Gasteiger partial charge < -0.3 is 10.2 Å². The quantitative estimate of drug-likeness (QED) is 0.889. The van der Waals surface area contributed by atoms with Crippen LogP contribution in [0.2, 0.25) is 0 Å². The molecule has 1 aliphatic heterocycles. The van der Waals surface area contributed by atoms with E-state index in [1.165, 1.54) is 0 Å². The molecule has 2 fully saturated rings. The fourth-order valence-corrected chi connectivity index (χ4v) is 3.50. The fourth-order valence-electron chi connectivity index (χ4n) is 3.50. The molecule has 0 bridgehead atoms. The van der Waals surface area contributed by atoms with Crippen LogP contribution in [0.15, 0.2) is 54.6 Å². The SMILES string of the molecule is O=C(CN1CCN(C(=O)C2CC2)CC1)Nc1ccc(-c2ccccc2)cc1. The summed E-state index contributed by atoms with van der Waals surface area (Å²) in [7, 11) is 0. The maximum Gasteiger partial charge on any atom is 0.238 e. The van der Waals surface area contributed by atoms with E-state index in [-0.39, 0.29) is 11.8 Å². The summed E-state index contributed by atoms with van der Waals surface area (Å²) in [5.74, 6) is 0.570. The molecule has 0 radical (unpaired) electrons. The Kier molecular flexibility index (Phi) is 5.21. The van der Waals surface area contributed by atoms with Crippen molar-refractivity contribution < 1.29 is 9.59 Å². The van der Waals surface area contributed by atoms with Gasteiger partial charge in [-0.3, -0.25) is 14.5 Å². The van der Waals surface area contributed by atoms with E-state index in [0.29, 0.717) is 12.5 Å². The summed E-state index contributed by atoms with van der Waals surface area (Å²) >= 11 is 0. The summed E-state index contributed by atoms with van der Waals surface area (Å²) in [5.41, 5.74) is 3.10. The molecule has 1 aliphatic carbocycles. The second-order valence-electron chi connectivity index (χ2n) is 7.37. The number of rotatable bonds is 5. The maximum atomic E-state index is 12.3. The van der Waals surface area contributed by atoms with E-state index >= 15 is 0 Å². The third-order valence-corrected chi connectivity index (χ3v) is 5.25. The van der Waals surface area contributed by atoms with Crippen molar-refractivity contribution in [3.8, 4) is 11.1 Å². The van der Waals surface area contributed by atoms with Crippen LogP contribution in [0.25, 0.3) is 11.1 Å². The van der Waals surface area contributed by atoms with Crippen molar-refractivity contribution in [3.05, 3.63) is 54.6 Å². The van der Waals surface area contributed by atoms with Gasteiger partial charge in [-0.1, -0.05) is 42.5 Å². The number of carbonyl (C=O) groups excluding carboxylic acids is 2. The molecule has 1 N–H and O–H groups in total. The van der Waals surface area contributed by atoms with Gasteiger partial charge in [0.1, 0.15) is 0 Å². The lowest BCUT2D eigenvalue weighted by atomic mass is 10.1. The third-order valence-electron chi connectivity index (χ3n) is 5.25. The van der Waals surface area contributed by atoms with E-state index in [4.69, 9.17) is 0 Å². The van der Waals surface area contributed by atoms with Gasteiger partial charge in [0.15, 0.2) is 0 Å². The monoisotopic (exact) mass is 363 g/mol. The first-order valence-electron chi connectivity index (χ1n) is 9.65. The lowest BCUT2D eigenvalue weighted by molar-refractivity contribution is -0.134. The van der Waals surface area contributed by atoms with E-state index in [1.54, 1.807) is 0 Å². The molecule has 1 saturated carbocycles. The second-order valence-corrected chi connectivity index (χ2v) is 7.37. The lowest BCUT2D eigenvalue weighted by Crippen LogP contribution is -2.50. The van der Waals surface area contributed by atoms with Crippen LogP contribution in [0.4, 0.5) is 5.69 Å². The van der Waals surface area contributed by atoms with Crippen molar-refractivity contribution in [3.63, 3.8) is 0 Å². The van der Waals surface area contributed by atoms with E-state index in [0.717, 1.165) is 55.8 Å². The maximum absolute atomic E-state index is 12.3. The molecule has 1 heterocycles. The van der Waals surface area contributed by atoms with Crippen LogP contribution in [0, 0.1) is 5.92 Å². The molecule has 2 aromatic carbocycles. The van der Waals surface area contributed by atoms with Crippen LogP contribution in [0.1, 0.15) is 12.8 Å². The number of anilines is 1. The van der Waals surface area contributed by atoms with E-state index in [2.05, 4.69) is 22.3 Å². The molecule has 5 heteroatoms. The summed E-state index contributed by atoms with van der Waals surface area (Å²) < 4.78 is 0. The largest absolute Gasteiger partial charge is 0.340 e. The standard InChI is InChI=1S/C22H25N3O2/c26-21(16-24-12-14-25(15-13-24)22(27)19-6-7-19)23-20-10-8-18(9-11-20)17-4-2-1-3-5-17/h1-5,8-11,19H,6-7,12-16H2,(H,23,26). The van der Waals surface area contributed by atoms with Crippen molar-refractivity contribution in [1.82, 2.24) is 9.80 Å². The smallest absolute Gasteiger partial charge is 0.238 e. The van der Waals surface area contributed by atoms with E-state index < -0.39 is 0 Å². The number of amides is 2. The van der Waals surface area contributed by atoms with Gasteiger partial charge in [0.25, 0.3) is 0 Å². The predicted molar refractivity (Wildman–Crippen MR) is 106 cm³/mol. The molecule has 0 unspecified atom stereocenters. The third kappa shape index (κ3) is 4.55. The Bertz CT molecular complexity index is 792. The van der Waals surface area contributed by atoms with Crippen molar-refractivity contribution in [2.75, 3.05) is 38.0 Å². The number of carbonyl (C=O) groups is 2. The van der Waals surface area contributed by atoms with Crippen LogP contribution in [0.3, 0.4) is 0 Å². The molecular formula is C22H25N3O2. The highest BCUT2D eigenvalue weighted by atomic mass is 16.2. The van der Waals surface area contributed by atoms with E-state index in [9.17, 15) is 9.59 Å². The van der Waals surface area contributed by atoms with Crippen molar-refractivity contribution >= 4 is 17.5 Å². The van der Waals surface area contributed by atoms with Crippen LogP contribution in [-0.4, -0.2) is 54.3 Å². The molecule has 2 aromatic rings. The highest BCUT2D eigenvalue weighted by molar-refractivity contribution is 5.92. The molecule has 140 valence electrons. The highest BCUT2D eigenvalue weighted by Crippen LogP contribution is 2.31. The number of benzene rings is 2. The van der Waals surface area contributed by atoms with Crippen LogP contribution < -0.4 is 5.32 Å². The number of hydrogen-bond acceptors (Lipinski definition) is 3. The summed E-state index contributed by atoms with van der Waals surface area (Å²) in [6.07, 6.45) is 2.09. The Morgan fingerprint density at radius 2 is 1.48 bits per heavy atom. The molecule has 2 amide bonds.